The molecule has 1 aromatic heterocycles. The van der Waals surface area contributed by atoms with Crippen LogP contribution in [0.25, 0.3) is 11.4 Å². The lowest BCUT2D eigenvalue weighted by Crippen LogP contribution is -2.39. The van der Waals surface area contributed by atoms with Crippen molar-refractivity contribution in [3.8, 4) is 17.1 Å². The Kier molecular flexibility index (Phi) is 6.14. The Morgan fingerprint density at radius 3 is 2.60 bits per heavy atom. The minimum absolute atomic E-state index is 0.0212. The number of rotatable bonds is 6. The van der Waals surface area contributed by atoms with Gasteiger partial charge in [0.1, 0.15) is 16.0 Å². The normalized spacial score (nSPS) is 16.7. The van der Waals surface area contributed by atoms with Crippen molar-refractivity contribution in [1.82, 2.24) is 14.9 Å². The lowest BCUT2D eigenvalue weighted by atomic mass is 9.97. The average molecular weight is 508 g/mol. The molecule has 1 aliphatic rings. The van der Waals surface area contributed by atoms with Gasteiger partial charge in [0.05, 0.1) is 23.6 Å². The molecule has 1 aliphatic heterocycles. The van der Waals surface area contributed by atoms with E-state index in [9.17, 15) is 14.9 Å². The van der Waals surface area contributed by atoms with Crippen LogP contribution in [0.1, 0.15) is 22.0 Å². The molecule has 2 heterocycles. The number of para-hydroxylation sites is 1. The summed E-state index contributed by atoms with van der Waals surface area (Å²) in [5.41, 5.74) is 4.86. The maximum Gasteiger partial charge on any atom is 0.288 e. The Balaban J connectivity index is 1.63. The topological polar surface area (TPSA) is 112 Å². The van der Waals surface area contributed by atoms with E-state index in [0.29, 0.717) is 33.4 Å². The molecule has 0 saturated carbocycles. The second kappa shape index (κ2) is 9.40. The first-order valence-corrected chi connectivity index (χ1v) is 11.8. The minimum Gasteiger partial charge on any atom is -0.496 e. The third-order valence-corrected chi connectivity index (χ3v) is 7.16. The smallest absolute Gasteiger partial charge is 0.288 e. The second-order valence-electron chi connectivity index (χ2n) is 7.69. The summed E-state index contributed by atoms with van der Waals surface area (Å²) in [7, 11) is 1.57. The average Bonchev–Trinajstić information content (AvgIpc) is 3.31. The summed E-state index contributed by atoms with van der Waals surface area (Å²) in [5, 5.41) is 20.0. The standard InChI is InChI=1S/C24H18ClN5O4S/c1-34-19-10-6-5-9-16(19)23-26-27-24-29(23)28-20(15-11-12-17(25)18(13-15)30(32)33)22(35-24)21(31)14-7-3-2-4-8-14/h2-13,20,22,28H,1H3. The number of Topliss-reactive ketones (excluding diaryl/α,β-unsaturated/α-hetero) is 1. The van der Waals surface area contributed by atoms with Crippen molar-refractivity contribution < 1.29 is 14.5 Å². The molecule has 5 rings (SSSR count). The van der Waals surface area contributed by atoms with E-state index in [1.54, 1.807) is 42.1 Å². The van der Waals surface area contributed by atoms with Crippen LogP contribution >= 0.6 is 23.4 Å². The maximum absolute atomic E-state index is 13.6. The third-order valence-electron chi connectivity index (χ3n) is 5.63. The molecule has 0 amide bonds. The fourth-order valence-electron chi connectivity index (χ4n) is 3.94. The Morgan fingerprint density at radius 1 is 1.11 bits per heavy atom. The van der Waals surface area contributed by atoms with Crippen LogP contribution in [-0.4, -0.2) is 37.9 Å². The summed E-state index contributed by atoms with van der Waals surface area (Å²) >= 11 is 7.30. The predicted molar refractivity (Wildman–Crippen MR) is 133 cm³/mol. The van der Waals surface area contributed by atoms with Crippen molar-refractivity contribution in [3.05, 3.63) is 99.1 Å². The molecule has 2 unspecified atom stereocenters. The highest BCUT2D eigenvalue weighted by atomic mass is 35.5. The van der Waals surface area contributed by atoms with Gasteiger partial charge in [-0.3, -0.25) is 14.9 Å². The Morgan fingerprint density at radius 2 is 1.86 bits per heavy atom. The van der Waals surface area contributed by atoms with Gasteiger partial charge >= 0.3 is 0 Å². The van der Waals surface area contributed by atoms with Gasteiger partial charge in [-0.25, -0.2) is 4.68 Å². The zero-order valence-electron chi connectivity index (χ0n) is 18.3. The van der Waals surface area contributed by atoms with Crippen LogP contribution in [0.2, 0.25) is 5.02 Å². The van der Waals surface area contributed by atoms with E-state index in [4.69, 9.17) is 16.3 Å². The van der Waals surface area contributed by atoms with Crippen molar-refractivity contribution in [1.29, 1.82) is 0 Å². The molecule has 2 atom stereocenters. The zero-order chi connectivity index (χ0) is 24.5. The van der Waals surface area contributed by atoms with E-state index >= 15 is 0 Å². The van der Waals surface area contributed by atoms with E-state index in [1.807, 2.05) is 30.3 Å². The molecule has 11 heteroatoms. The van der Waals surface area contributed by atoms with Crippen LogP contribution in [0, 0.1) is 10.1 Å². The van der Waals surface area contributed by atoms with Gasteiger partial charge in [0.25, 0.3) is 5.69 Å². The number of aromatic nitrogens is 3. The number of nitro benzene ring substituents is 1. The van der Waals surface area contributed by atoms with Gasteiger partial charge in [-0.1, -0.05) is 71.9 Å². The van der Waals surface area contributed by atoms with E-state index in [0.717, 1.165) is 0 Å². The van der Waals surface area contributed by atoms with Gasteiger partial charge in [-0.15, -0.1) is 10.2 Å². The van der Waals surface area contributed by atoms with Crippen molar-refractivity contribution in [2.75, 3.05) is 12.5 Å². The summed E-state index contributed by atoms with van der Waals surface area (Å²) in [6.45, 7) is 0. The summed E-state index contributed by atoms with van der Waals surface area (Å²) < 4.78 is 7.17. The Bertz CT molecular complexity index is 1430. The molecule has 1 N–H and O–H groups in total. The van der Waals surface area contributed by atoms with Gasteiger partial charge in [0.15, 0.2) is 11.6 Å². The number of ketones is 1. The number of thioether (sulfide) groups is 1. The first-order valence-electron chi connectivity index (χ1n) is 10.5. The number of halogens is 1. The first-order chi connectivity index (χ1) is 17.0. The van der Waals surface area contributed by atoms with Gasteiger partial charge in [0, 0.05) is 11.6 Å². The maximum atomic E-state index is 13.6. The molecule has 176 valence electrons. The number of nitrogens with one attached hydrogen (secondary N) is 1. The lowest BCUT2D eigenvalue weighted by Gasteiger charge is -2.33. The summed E-state index contributed by atoms with van der Waals surface area (Å²) in [6, 6.07) is 20.2. The fourth-order valence-corrected chi connectivity index (χ4v) is 5.28. The summed E-state index contributed by atoms with van der Waals surface area (Å²) in [4.78, 5) is 24.6. The van der Waals surface area contributed by atoms with E-state index in [1.165, 1.54) is 23.9 Å². The van der Waals surface area contributed by atoms with Crippen molar-refractivity contribution in [2.45, 2.75) is 16.4 Å². The number of hydrogen-bond acceptors (Lipinski definition) is 8. The molecule has 4 aromatic rings. The van der Waals surface area contributed by atoms with Gasteiger partial charge in [0.2, 0.25) is 5.16 Å². The molecule has 0 aliphatic carbocycles. The number of carbonyl (C=O) groups is 1. The molecular weight excluding hydrogens is 490 g/mol. The Hall–Kier alpha value is -3.89. The predicted octanol–water partition coefficient (Wildman–Crippen LogP) is 5.16. The number of nitrogens with zero attached hydrogens (tertiary/aromatic N) is 4. The zero-order valence-corrected chi connectivity index (χ0v) is 19.9. The molecule has 0 fully saturated rings. The molecule has 3 aromatic carbocycles. The molecule has 0 saturated heterocycles. The number of methoxy groups -OCH3 is 1. The molecule has 9 nitrogen and oxygen atoms in total. The van der Waals surface area contributed by atoms with E-state index in [-0.39, 0.29) is 16.5 Å². The third kappa shape index (κ3) is 4.22. The van der Waals surface area contributed by atoms with Gasteiger partial charge in [-0.2, -0.15) is 0 Å². The lowest BCUT2D eigenvalue weighted by molar-refractivity contribution is -0.384. The summed E-state index contributed by atoms with van der Waals surface area (Å²) in [5.74, 6) is 0.957. The molecular formula is C24H18ClN5O4S. The van der Waals surface area contributed by atoms with Crippen molar-refractivity contribution in [2.24, 2.45) is 0 Å². The monoisotopic (exact) mass is 507 g/mol. The number of hydrogen-bond donors (Lipinski definition) is 1. The number of fused-ring (bicyclic) bond motifs is 1. The number of nitro groups is 1. The van der Waals surface area contributed by atoms with Crippen LogP contribution in [0.4, 0.5) is 5.69 Å². The van der Waals surface area contributed by atoms with Crippen LogP contribution in [0.3, 0.4) is 0 Å². The van der Waals surface area contributed by atoms with Crippen molar-refractivity contribution >= 4 is 34.8 Å². The van der Waals surface area contributed by atoms with Crippen LogP contribution in [-0.2, 0) is 0 Å². The van der Waals surface area contributed by atoms with Crippen LogP contribution in [0.5, 0.6) is 5.75 Å². The highest BCUT2D eigenvalue weighted by molar-refractivity contribution is 8.00. The van der Waals surface area contributed by atoms with Gasteiger partial charge in [-0.05, 0) is 23.8 Å². The largest absolute Gasteiger partial charge is 0.496 e. The van der Waals surface area contributed by atoms with Crippen LogP contribution < -0.4 is 10.2 Å². The quantitative estimate of drug-likeness (QED) is 0.216. The molecule has 0 spiro atoms. The summed E-state index contributed by atoms with van der Waals surface area (Å²) in [6.07, 6.45) is 0. The highest BCUT2D eigenvalue weighted by Gasteiger charge is 2.39. The Labute approximate surface area is 209 Å². The second-order valence-corrected chi connectivity index (χ2v) is 9.20. The first kappa shape index (κ1) is 22.9. The van der Waals surface area contributed by atoms with Crippen LogP contribution in [0.15, 0.2) is 78.0 Å². The molecule has 0 bridgehead atoms. The van der Waals surface area contributed by atoms with E-state index < -0.39 is 16.2 Å². The SMILES string of the molecule is COc1ccccc1-c1nnc2n1NC(c1ccc(Cl)c([N+](=O)[O-])c1)C(C(=O)c1ccccc1)S2. The van der Waals surface area contributed by atoms with Gasteiger partial charge < -0.3 is 10.2 Å². The van der Waals surface area contributed by atoms with E-state index in [2.05, 4.69) is 15.6 Å². The molecule has 35 heavy (non-hydrogen) atoms. The minimum atomic E-state index is -0.666. The van der Waals surface area contributed by atoms with Crippen molar-refractivity contribution in [3.63, 3.8) is 0 Å². The molecule has 0 radical (unpaired) electrons. The number of benzene rings is 3. The number of ether oxygens (including phenoxy) is 1. The number of carbonyl (C=O) groups excluding carboxylic acids is 1. The fraction of sp³-hybridized carbons (Fsp3) is 0.125. The highest BCUT2D eigenvalue weighted by Crippen LogP contribution is 2.42.